The Bertz CT molecular complexity index is 748. The Morgan fingerprint density at radius 2 is 1.00 bits per heavy atom. The second kappa shape index (κ2) is 37.0. The quantitative estimate of drug-likeness (QED) is 0.0624. The van der Waals surface area contributed by atoms with Crippen LogP contribution in [0.1, 0.15) is 202 Å². The van der Waals surface area contributed by atoms with Gasteiger partial charge in [-0.3, -0.25) is 0 Å². The topological polar surface area (TPSA) is 84.5 Å². The van der Waals surface area contributed by atoms with E-state index in [0.29, 0.717) is 39.6 Å². The van der Waals surface area contributed by atoms with Crippen LogP contribution in [0.2, 0.25) is 0 Å². The van der Waals surface area contributed by atoms with Crippen molar-refractivity contribution in [1.29, 1.82) is 0 Å². The van der Waals surface area contributed by atoms with E-state index in [2.05, 4.69) is 33.0 Å². The SMILES string of the molecule is CCCCCCCCCCCCCCOCC(COC(=O)NCCOC(C)(C)COC(C)(C)CCOC)OCCCCCCCCCCCCCC. The van der Waals surface area contributed by atoms with Gasteiger partial charge in [0.1, 0.15) is 12.7 Å². The molecule has 0 radical (unpaired) electrons. The van der Waals surface area contributed by atoms with Crippen LogP contribution in [-0.4, -0.2) is 83.3 Å². The maximum atomic E-state index is 12.5. The molecule has 8 heteroatoms. The molecule has 1 atom stereocenters. The molecule has 312 valence electrons. The summed E-state index contributed by atoms with van der Waals surface area (Å²) in [5.41, 5.74) is -0.770. The van der Waals surface area contributed by atoms with Gasteiger partial charge in [-0.05, 0) is 47.0 Å². The maximum absolute atomic E-state index is 12.5. The molecule has 0 spiro atoms. The zero-order valence-electron chi connectivity index (χ0n) is 35.8. The van der Waals surface area contributed by atoms with Crippen LogP contribution in [0.25, 0.3) is 0 Å². The average Bonchev–Trinajstić information content (AvgIpc) is 3.12. The number of nitrogens with one attached hydrogen (secondary N) is 1. The smallest absolute Gasteiger partial charge is 0.407 e. The predicted octanol–water partition coefficient (Wildman–Crippen LogP) is 12.1. The predicted molar refractivity (Wildman–Crippen MR) is 219 cm³/mol. The van der Waals surface area contributed by atoms with Gasteiger partial charge in [0, 0.05) is 33.5 Å². The summed E-state index contributed by atoms with van der Waals surface area (Å²) in [6.45, 7) is 16.5. The third-order valence-corrected chi connectivity index (χ3v) is 9.78. The fourth-order valence-electron chi connectivity index (χ4n) is 6.13. The number of carbonyl (C=O) groups is 1. The first-order valence-corrected chi connectivity index (χ1v) is 22.0. The lowest BCUT2D eigenvalue weighted by molar-refractivity contribution is -0.124. The van der Waals surface area contributed by atoms with Crippen molar-refractivity contribution in [3.8, 4) is 0 Å². The van der Waals surface area contributed by atoms with Gasteiger partial charge in [0.25, 0.3) is 0 Å². The molecule has 0 saturated carbocycles. The molecule has 1 amide bonds. The lowest BCUT2D eigenvalue weighted by Gasteiger charge is -2.32. The Morgan fingerprint density at radius 1 is 0.538 bits per heavy atom. The summed E-state index contributed by atoms with van der Waals surface area (Å²) in [5, 5.41) is 2.81. The molecule has 0 aromatic rings. The standard InChI is InChI=1S/C44H89NO7/c1-8-10-12-14-16-18-20-22-24-26-28-30-34-48-38-41(49-35-31-29-27-25-23-21-19-17-15-13-11-9-2)39-50-42(46)45-33-37-51-44(5,6)40-52-43(3,4)32-36-47-7/h41H,8-40H2,1-7H3,(H,45,46). The van der Waals surface area contributed by atoms with E-state index in [0.717, 1.165) is 25.9 Å². The van der Waals surface area contributed by atoms with Crippen LogP contribution >= 0.6 is 0 Å². The Kier molecular flexibility index (Phi) is 36.4. The third-order valence-electron chi connectivity index (χ3n) is 9.78. The minimum absolute atomic E-state index is 0.180. The number of methoxy groups -OCH3 is 1. The zero-order valence-corrected chi connectivity index (χ0v) is 35.8. The first-order chi connectivity index (χ1) is 25.2. The van der Waals surface area contributed by atoms with E-state index in [1.807, 2.05) is 13.8 Å². The molecule has 0 aromatic carbocycles. The monoisotopic (exact) mass is 744 g/mol. The number of carbonyl (C=O) groups excluding carboxylic acids is 1. The van der Waals surface area contributed by atoms with Gasteiger partial charge in [0.2, 0.25) is 0 Å². The van der Waals surface area contributed by atoms with Crippen molar-refractivity contribution in [2.75, 3.05) is 59.9 Å². The van der Waals surface area contributed by atoms with Crippen molar-refractivity contribution in [3.05, 3.63) is 0 Å². The van der Waals surface area contributed by atoms with Crippen molar-refractivity contribution in [2.45, 2.75) is 219 Å². The van der Waals surface area contributed by atoms with Gasteiger partial charge in [-0.1, -0.05) is 155 Å². The van der Waals surface area contributed by atoms with Crippen molar-refractivity contribution in [1.82, 2.24) is 5.32 Å². The molecule has 0 rings (SSSR count). The van der Waals surface area contributed by atoms with Gasteiger partial charge in [0.15, 0.2) is 0 Å². The molecule has 8 nitrogen and oxygen atoms in total. The van der Waals surface area contributed by atoms with Gasteiger partial charge in [-0.25, -0.2) is 4.79 Å². The van der Waals surface area contributed by atoms with Gasteiger partial charge >= 0.3 is 6.09 Å². The van der Waals surface area contributed by atoms with E-state index in [1.54, 1.807) is 7.11 Å². The van der Waals surface area contributed by atoms with Crippen LogP contribution in [0.4, 0.5) is 4.79 Å². The van der Waals surface area contributed by atoms with Crippen LogP contribution in [0.15, 0.2) is 0 Å². The summed E-state index contributed by atoms with van der Waals surface area (Å²) >= 11 is 0. The summed E-state index contributed by atoms with van der Waals surface area (Å²) in [6, 6.07) is 0. The Hall–Kier alpha value is -0.930. The van der Waals surface area contributed by atoms with Crippen molar-refractivity contribution in [2.24, 2.45) is 0 Å². The molecular weight excluding hydrogens is 654 g/mol. The number of unbranched alkanes of at least 4 members (excludes halogenated alkanes) is 22. The van der Waals surface area contributed by atoms with Crippen LogP contribution in [-0.2, 0) is 28.4 Å². The zero-order chi connectivity index (χ0) is 38.4. The molecule has 0 heterocycles. The van der Waals surface area contributed by atoms with Gasteiger partial charge in [-0.15, -0.1) is 0 Å². The molecular formula is C44H89NO7. The Labute approximate surface area is 323 Å². The Balaban J connectivity index is 4.32. The van der Waals surface area contributed by atoms with Crippen molar-refractivity contribution >= 4 is 6.09 Å². The highest BCUT2D eigenvalue weighted by molar-refractivity contribution is 5.67. The van der Waals surface area contributed by atoms with E-state index in [4.69, 9.17) is 28.4 Å². The molecule has 0 fully saturated rings. The molecule has 0 aliphatic heterocycles. The molecule has 0 aliphatic carbocycles. The highest BCUT2D eigenvalue weighted by Crippen LogP contribution is 2.19. The molecule has 1 N–H and O–H groups in total. The highest BCUT2D eigenvalue weighted by atomic mass is 16.6. The van der Waals surface area contributed by atoms with E-state index >= 15 is 0 Å². The Morgan fingerprint density at radius 3 is 1.48 bits per heavy atom. The van der Waals surface area contributed by atoms with E-state index in [9.17, 15) is 4.79 Å². The molecule has 0 saturated heterocycles. The number of hydrogen-bond donors (Lipinski definition) is 1. The van der Waals surface area contributed by atoms with Crippen molar-refractivity contribution in [3.63, 3.8) is 0 Å². The number of hydrogen-bond acceptors (Lipinski definition) is 7. The molecule has 1 unspecified atom stereocenters. The van der Waals surface area contributed by atoms with Gasteiger partial charge in [-0.2, -0.15) is 0 Å². The fraction of sp³-hybridized carbons (Fsp3) is 0.977. The largest absolute Gasteiger partial charge is 0.447 e. The number of ether oxygens (including phenoxy) is 6. The highest BCUT2D eigenvalue weighted by Gasteiger charge is 2.25. The maximum Gasteiger partial charge on any atom is 0.407 e. The van der Waals surface area contributed by atoms with E-state index in [-0.39, 0.29) is 18.3 Å². The summed E-state index contributed by atoms with van der Waals surface area (Å²) in [7, 11) is 1.70. The minimum Gasteiger partial charge on any atom is -0.447 e. The van der Waals surface area contributed by atoms with Crippen LogP contribution in [0, 0.1) is 0 Å². The minimum atomic E-state index is -0.479. The fourth-order valence-corrected chi connectivity index (χ4v) is 6.13. The van der Waals surface area contributed by atoms with Crippen LogP contribution < -0.4 is 5.32 Å². The normalized spacial score (nSPS) is 12.8. The summed E-state index contributed by atoms with van der Waals surface area (Å²) in [5.74, 6) is 0. The summed E-state index contributed by atoms with van der Waals surface area (Å²) in [4.78, 5) is 12.5. The van der Waals surface area contributed by atoms with E-state index < -0.39 is 11.7 Å². The summed E-state index contributed by atoms with van der Waals surface area (Å²) < 4.78 is 35.0. The van der Waals surface area contributed by atoms with Crippen LogP contribution in [0.5, 0.6) is 0 Å². The second-order valence-corrected chi connectivity index (χ2v) is 16.3. The second-order valence-electron chi connectivity index (χ2n) is 16.3. The van der Waals surface area contributed by atoms with E-state index in [1.165, 1.54) is 141 Å². The first kappa shape index (κ1) is 51.1. The molecule has 52 heavy (non-hydrogen) atoms. The lowest BCUT2D eigenvalue weighted by atomic mass is 10.0. The number of alkyl carbamates (subject to hydrolysis) is 1. The van der Waals surface area contributed by atoms with Crippen molar-refractivity contribution < 1.29 is 33.2 Å². The third kappa shape index (κ3) is 37.4. The van der Waals surface area contributed by atoms with Crippen LogP contribution in [0.3, 0.4) is 0 Å². The molecule has 0 bridgehead atoms. The molecule has 0 aromatic heterocycles. The van der Waals surface area contributed by atoms with Gasteiger partial charge in [0.05, 0.1) is 31.0 Å². The van der Waals surface area contributed by atoms with Gasteiger partial charge < -0.3 is 33.7 Å². The first-order valence-electron chi connectivity index (χ1n) is 22.0. The summed E-state index contributed by atoms with van der Waals surface area (Å²) in [6.07, 6.45) is 31.8. The average molecular weight is 744 g/mol. The molecule has 0 aliphatic rings. The number of amides is 1. The number of rotatable bonds is 41. The lowest BCUT2D eigenvalue weighted by Crippen LogP contribution is -2.39.